The first-order chi connectivity index (χ1) is 9.12. The summed E-state index contributed by atoms with van der Waals surface area (Å²) in [6.45, 7) is 1.57. The van der Waals surface area contributed by atoms with Crippen molar-refractivity contribution in [2.75, 3.05) is 5.32 Å². The van der Waals surface area contributed by atoms with E-state index in [0.29, 0.717) is 0 Å². The molecule has 0 bridgehead atoms. The van der Waals surface area contributed by atoms with Gasteiger partial charge in [0.1, 0.15) is 0 Å². The summed E-state index contributed by atoms with van der Waals surface area (Å²) in [6, 6.07) is 2.77. The number of hydrogen-bond donors (Lipinski definition) is 2. The van der Waals surface area contributed by atoms with Crippen molar-refractivity contribution in [3.63, 3.8) is 0 Å². The highest BCUT2D eigenvalue weighted by atomic mass is 35.5. The van der Waals surface area contributed by atoms with Crippen LogP contribution in [-0.2, 0) is 11.0 Å². The van der Waals surface area contributed by atoms with Crippen molar-refractivity contribution >= 4 is 23.2 Å². The first kappa shape index (κ1) is 15.1. The Morgan fingerprint density at radius 1 is 1.40 bits per heavy atom. The minimum absolute atomic E-state index is 0.0398. The summed E-state index contributed by atoms with van der Waals surface area (Å²) in [5.74, 6) is -0.465. The quantitative estimate of drug-likeness (QED) is 0.899. The first-order valence-electron chi connectivity index (χ1n) is 6.09. The van der Waals surface area contributed by atoms with Crippen LogP contribution in [0.4, 0.5) is 18.9 Å². The highest BCUT2D eigenvalue weighted by Crippen LogP contribution is 2.39. The largest absolute Gasteiger partial charge is 0.416 e. The third-order valence-corrected chi connectivity index (χ3v) is 3.79. The number of hydrogen-bond acceptors (Lipinski definition) is 2. The highest BCUT2D eigenvalue weighted by Gasteiger charge is 2.44. The molecule has 1 fully saturated rings. The average Bonchev–Trinajstić information content (AvgIpc) is 3.14. The van der Waals surface area contributed by atoms with Crippen molar-refractivity contribution in [2.24, 2.45) is 11.7 Å². The van der Waals surface area contributed by atoms with Gasteiger partial charge in [-0.1, -0.05) is 11.6 Å². The molecule has 110 valence electrons. The van der Waals surface area contributed by atoms with E-state index < -0.39 is 23.2 Å². The van der Waals surface area contributed by atoms with E-state index in [1.54, 1.807) is 6.92 Å². The zero-order chi connectivity index (χ0) is 15.1. The molecule has 1 atom stereocenters. The fraction of sp³-hybridized carbons (Fsp3) is 0.462. The second-order valence-corrected chi connectivity index (χ2v) is 5.61. The van der Waals surface area contributed by atoms with Gasteiger partial charge in [-0.15, -0.1) is 0 Å². The maximum atomic E-state index is 12.6. The van der Waals surface area contributed by atoms with Gasteiger partial charge in [0.25, 0.3) is 0 Å². The number of anilines is 1. The number of carbonyl (C=O) groups excluding carboxylic acids is 1. The summed E-state index contributed by atoms with van der Waals surface area (Å²) in [4.78, 5) is 12.1. The second-order valence-electron chi connectivity index (χ2n) is 5.20. The summed E-state index contributed by atoms with van der Waals surface area (Å²) >= 11 is 5.81. The minimum atomic E-state index is -4.49. The van der Waals surface area contributed by atoms with Gasteiger partial charge >= 0.3 is 6.18 Å². The zero-order valence-electron chi connectivity index (χ0n) is 10.7. The Labute approximate surface area is 119 Å². The number of rotatable bonds is 3. The topological polar surface area (TPSA) is 55.1 Å². The number of nitrogens with two attached hydrogens (primary N) is 1. The Kier molecular flexibility index (Phi) is 3.73. The van der Waals surface area contributed by atoms with Gasteiger partial charge < -0.3 is 11.1 Å². The van der Waals surface area contributed by atoms with Gasteiger partial charge in [0.15, 0.2) is 0 Å². The maximum Gasteiger partial charge on any atom is 0.416 e. The fourth-order valence-electron chi connectivity index (χ4n) is 1.92. The lowest BCUT2D eigenvalue weighted by Gasteiger charge is -2.23. The number of benzene rings is 1. The van der Waals surface area contributed by atoms with Gasteiger partial charge in [-0.2, -0.15) is 13.2 Å². The van der Waals surface area contributed by atoms with E-state index in [4.69, 9.17) is 17.3 Å². The monoisotopic (exact) mass is 306 g/mol. The molecule has 3 N–H and O–H groups in total. The van der Waals surface area contributed by atoms with Crippen LogP contribution in [0.2, 0.25) is 5.02 Å². The van der Waals surface area contributed by atoms with E-state index in [2.05, 4.69) is 5.32 Å². The molecule has 3 nitrogen and oxygen atoms in total. The molecule has 1 aromatic carbocycles. The molecule has 7 heteroatoms. The first-order valence-corrected chi connectivity index (χ1v) is 6.47. The van der Waals surface area contributed by atoms with Crippen molar-refractivity contribution in [1.29, 1.82) is 0 Å². The molecule has 0 saturated heterocycles. The number of nitrogens with one attached hydrogen (secondary N) is 1. The van der Waals surface area contributed by atoms with Crippen LogP contribution in [0.5, 0.6) is 0 Å². The Hall–Kier alpha value is -1.27. The predicted octanol–water partition coefficient (Wildman–Crippen LogP) is 3.42. The van der Waals surface area contributed by atoms with Crippen molar-refractivity contribution in [3.05, 3.63) is 28.8 Å². The van der Waals surface area contributed by atoms with Crippen LogP contribution in [0, 0.1) is 5.92 Å². The van der Waals surface area contributed by atoms with Crippen molar-refractivity contribution < 1.29 is 18.0 Å². The van der Waals surface area contributed by atoms with Crippen LogP contribution in [0.1, 0.15) is 25.3 Å². The van der Waals surface area contributed by atoms with E-state index in [1.165, 1.54) is 0 Å². The summed E-state index contributed by atoms with van der Waals surface area (Å²) in [5, 5.41) is 2.43. The SMILES string of the molecule is CC(N)(C(=O)Nc1cc(C(F)(F)F)ccc1Cl)C1CC1. The normalized spacial score (nSPS) is 18.5. The molecule has 20 heavy (non-hydrogen) atoms. The Morgan fingerprint density at radius 2 is 2.00 bits per heavy atom. The summed E-state index contributed by atoms with van der Waals surface area (Å²) in [7, 11) is 0. The zero-order valence-corrected chi connectivity index (χ0v) is 11.5. The van der Waals surface area contributed by atoms with Crippen molar-refractivity contribution in [1.82, 2.24) is 0 Å². The Balaban J connectivity index is 2.22. The number of amides is 1. The van der Waals surface area contributed by atoms with E-state index in [0.717, 1.165) is 31.0 Å². The smallest absolute Gasteiger partial charge is 0.323 e. The minimum Gasteiger partial charge on any atom is -0.323 e. The average molecular weight is 307 g/mol. The summed E-state index contributed by atoms with van der Waals surface area (Å²) in [5.41, 5.74) is 3.86. The molecule has 1 aliphatic carbocycles. The third kappa shape index (κ3) is 3.07. The Morgan fingerprint density at radius 3 is 2.50 bits per heavy atom. The molecular weight excluding hydrogens is 293 g/mol. The molecule has 0 aliphatic heterocycles. The lowest BCUT2D eigenvalue weighted by molar-refractivity contribution is -0.137. The van der Waals surface area contributed by atoms with E-state index in [9.17, 15) is 18.0 Å². The van der Waals surface area contributed by atoms with Gasteiger partial charge in [0.05, 0.1) is 21.8 Å². The number of halogens is 4. The molecular formula is C13H14ClF3N2O. The summed E-state index contributed by atoms with van der Waals surface area (Å²) < 4.78 is 37.9. The van der Waals surface area contributed by atoms with Crippen molar-refractivity contribution in [2.45, 2.75) is 31.5 Å². The molecule has 0 spiro atoms. The predicted molar refractivity (Wildman–Crippen MR) is 70.4 cm³/mol. The van der Waals surface area contributed by atoms with Crippen LogP contribution in [-0.4, -0.2) is 11.4 Å². The second kappa shape index (κ2) is 4.93. The number of alkyl halides is 3. The van der Waals surface area contributed by atoms with Crippen LogP contribution in [0.15, 0.2) is 18.2 Å². The maximum absolute atomic E-state index is 12.6. The van der Waals surface area contributed by atoms with Crippen molar-refractivity contribution in [3.8, 4) is 0 Å². The molecule has 1 saturated carbocycles. The van der Waals surface area contributed by atoms with E-state index in [-0.39, 0.29) is 16.6 Å². The lowest BCUT2D eigenvalue weighted by Crippen LogP contribution is -2.50. The van der Waals surface area contributed by atoms with Gasteiger partial charge in [0.2, 0.25) is 5.91 Å². The molecule has 1 aromatic rings. The molecule has 0 heterocycles. The van der Waals surface area contributed by atoms with Crippen LogP contribution >= 0.6 is 11.6 Å². The number of carbonyl (C=O) groups is 1. The Bertz CT molecular complexity index is 539. The third-order valence-electron chi connectivity index (χ3n) is 3.46. The van der Waals surface area contributed by atoms with Gasteiger partial charge in [-0.3, -0.25) is 4.79 Å². The highest BCUT2D eigenvalue weighted by molar-refractivity contribution is 6.33. The van der Waals surface area contributed by atoms with E-state index >= 15 is 0 Å². The lowest BCUT2D eigenvalue weighted by atomic mass is 9.96. The van der Waals surface area contributed by atoms with E-state index in [1.807, 2.05) is 0 Å². The van der Waals surface area contributed by atoms with Gasteiger partial charge in [-0.05, 0) is 43.9 Å². The molecule has 1 unspecified atom stereocenters. The fourth-order valence-corrected chi connectivity index (χ4v) is 2.09. The van der Waals surface area contributed by atoms with Crippen LogP contribution in [0.25, 0.3) is 0 Å². The molecule has 0 aromatic heterocycles. The molecule has 1 amide bonds. The van der Waals surface area contributed by atoms with Crippen LogP contribution < -0.4 is 11.1 Å². The van der Waals surface area contributed by atoms with Gasteiger partial charge in [0, 0.05) is 0 Å². The van der Waals surface area contributed by atoms with Gasteiger partial charge in [-0.25, -0.2) is 0 Å². The molecule has 0 radical (unpaired) electrons. The molecule has 2 rings (SSSR count). The summed E-state index contributed by atoms with van der Waals surface area (Å²) in [6.07, 6.45) is -2.81. The van der Waals surface area contributed by atoms with Crippen LogP contribution in [0.3, 0.4) is 0 Å². The standard InChI is InChI=1S/C13H14ClF3N2O/c1-12(18,7-2-3-7)11(20)19-10-6-8(13(15,16)17)4-5-9(10)14/h4-7H,2-3,18H2,1H3,(H,19,20). The molecule has 1 aliphatic rings.